The quantitative estimate of drug-likeness (QED) is 0.485. The molecule has 5 heterocycles. The molecule has 0 aliphatic carbocycles. The first kappa shape index (κ1) is 17.6. The van der Waals surface area contributed by atoms with E-state index in [0.717, 1.165) is 24.4 Å². The van der Waals surface area contributed by atoms with Gasteiger partial charge in [-0.25, -0.2) is 4.98 Å². The predicted octanol–water partition coefficient (Wildman–Crippen LogP) is 2.43. The standard InChI is InChI=1S/C19H19N7O3/c1-10-21-8-13(23-10)17-16-12(2-5-20-17)18(27)25-19(24-16)29-14-9-22-26-15(14)11-3-6-28-7-4-11/h2,5,8-9,11H,3-4,6-7H2,1H3,(H,21,23)(H,22,26)(H,24,25,27). The third kappa shape index (κ3) is 3.27. The molecule has 10 heteroatoms. The molecular formula is C19H19N7O3. The third-order valence-corrected chi connectivity index (χ3v) is 5.03. The highest BCUT2D eigenvalue weighted by molar-refractivity contribution is 5.89. The van der Waals surface area contributed by atoms with Gasteiger partial charge in [-0.3, -0.25) is 19.9 Å². The van der Waals surface area contributed by atoms with Crippen LogP contribution in [0.5, 0.6) is 11.8 Å². The lowest BCUT2D eigenvalue weighted by Crippen LogP contribution is -2.15. The van der Waals surface area contributed by atoms with Gasteiger partial charge in [0, 0.05) is 25.3 Å². The maximum atomic E-state index is 12.6. The molecule has 10 nitrogen and oxygen atoms in total. The van der Waals surface area contributed by atoms with E-state index in [4.69, 9.17) is 9.47 Å². The van der Waals surface area contributed by atoms with Gasteiger partial charge in [0.2, 0.25) is 0 Å². The minimum atomic E-state index is -0.305. The number of ether oxygens (including phenoxy) is 2. The normalized spacial score (nSPS) is 15.1. The van der Waals surface area contributed by atoms with Crippen molar-refractivity contribution in [3.8, 4) is 23.1 Å². The molecule has 29 heavy (non-hydrogen) atoms. The molecule has 0 saturated carbocycles. The second-order valence-electron chi connectivity index (χ2n) is 6.95. The van der Waals surface area contributed by atoms with Gasteiger partial charge in [-0.1, -0.05) is 0 Å². The number of rotatable bonds is 4. The molecule has 1 saturated heterocycles. The highest BCUT2D eigenvalue weighted by atomic mass is 16.5. The molecule has 148 valence electrons. The number of fused-ring (bicyclic) bond motifs is 1. The lowest BCUT2D eigenvalue weighted by Gasteiger charge is -2.21. The molecule has 0 radical (unpaired) electrons. The second kappa shape index (κ2) is 7.13. The summed E-state index contributed by atoms with van der Waals surface area (Å²) in [7, 11) is 0. The van der Waals surface area contributed by atoms with Crippen molar-refractivity contribution >= 4 is 10.9 Å². The zero-order valence-electron chi connectivity index (χ0n) is 15.7. The minimum Gasteiger partial charge on any atom is -0.422 e. The fourth-order valence-electron chi connectivity index (χ4n) is 3.58. The van der Waals surface area contributed by atoms with Crippen molar-refractivity contribution in [2.75, 3.05) is 13.2 Å². The number of aromatic amines is 3. The Bertz CT molecular complexity index is 1220. The van der Waals surface area contributed by atoms with Crippen LogP contribution < -0.4 is 10.3 Å². The Labute approximate surface area is 164 Å². The SMILES string of the molecule is Cc1ncc(-c2nccc3c(=O)[nH]c(Oc4cn[nH]c4C4CCOCC4)nc23)[nH]1. The minimum absolute atomic E-state index is 0.0858. The summed E-state index contributed by atoms with van der Waals surface area (Å²) < 4.78 is 11.4. The predicted molar refractivity (Wildman–Crippen MR) is 104 cm³/mol. The summed E-state index contributed by atoms with van der Waals surface area (Å²) in [5.74, 6) is 1.56. The molecule has 0 atom stereocenters. The van der Waals surface area contributed by atoms with Crippen molar-refractivity contribution in [3.05, 3.63) is 46.5 Å². The maximum Gasteiger partial charge on any atom is 0.302 e. The molecule has 1 aliphatic heterocycles. The number of nitrogens with one attached hydrogen (secondary N) is 3. The highest BCUT2D eigenvalue weighted by Crippen LogP contribution is 2.33. The van der Waals surface area contributed by atoms with Crippen LogP contribution in [0, 0.1) is 6.92 Å². The third-order valence-electron chi connectivity index (χ3n) is 5.03. The molecular weight excluding hydrogens is 374 g/mol. The van der Waals surface area contributed by atoms with Crippen LogP contribution in [0.25, 0.3) is 22.3 Å². The second-order valence-corrected chi connectivity index (χ2v) is 6.95. The number of imidazole rings is 1. The van der Waals surface area contributed by atoms with Crippen molar-refractivity contribution < 1.29 is 9.47 Å². The monoisotopic (exact) mass is 393 g/mol. The maximum absolute atomic E-state index is 12.6. The van der Waals surface area contributed by atoms with Crippen molar-refractivity contribution in [2.45, 2.75) is 25.7 Å². The first-order chi connectivity index (χ1) is 14.2. The van der Waals surface area contributed by atoms with E-state index in [1.54, 1.807) is 24.7 Å². The highest BCUT2D eigenvalue weighted by Gasteiger charge is 2.23. The molecule has 0 bridgehead atoms. The van der Waals surface area contributed by atoms with Crippen LogP contribution in [0.15, 0.2) is 29.5 Å². The Hall–Kier alpha value is -3.53. The van der Waals surface area contributed by atoms with Gasteiger partial charge in [0.25, 0.3) is 5.56 Å². The number of aromatic nitrogens is 7. The van der Waals surface area contributed by atoms with Gasteiger partial charge in [0.1, 0.15) is 17.0 Å². The fourth-order valence-corrected chi connectivity index (χ4v) is 3.58. The fraction of sp³-hybridized carbons (Fsp3) is 0.316. The van der Waals surface area contributed by atoms with Crippen LogP contribution in [0.3, 0.4) is 0 Å². The average molecular weight is 393 g/mol. The number of hydrogen-bond acceptors (Lipinski definition) is 7. The molecule has 1 fully saturated rings. The van der Waals surface area contributed by atoms with Gasteiger partial charge in [-0.05, 0) is 25.8 Å². The topological polar surface area (TPSA) is 134 Å². The lowest BCUT2D eigenvalue weighted by atomic mass is 9.96. The van der Waals surface area contributed by atoms with E-state index in [9.17, 15) is 4.79 Å². The van der Waals surface area contributed by atoms with E-state index in [0.29, 0.717) is 41.3 Å². The molecule has 4 aromatic heterocycles. The Morgan fingerprint density at radius 2 is 2.03 bits per heavy atom. The first-order valence-electron chi connectivity index (χ1n) is 9.39. The molecule has 5 rings (SSSR count). The van der Waals surface area contributed by atoms with Crippen LogP contribution in [0.1, 0.15) is 30.3 Å². The van der Waals surface area contributed by atoms with E-state index in [1.165, 1.54) is 0 Å². The van der Waals surface area contributed by atoms with Crippen LogP contribution in [0.4, 0.5) is 0 Å². The summed E-state index contributed by atoms with van der Waals surface area (Å²) in [6.45, 7) is 3.25. The van der Waals surface area contributed by atoms with E-state index in [-0.39, 0.29) is 17.5 Å². The summed E-state index contributed by atoms with van der Waals surface area (Å²) in [5.41, 5.74) is 2.23. The summed E-state index contributed by atoms with van der Waals surface area (Å²) in [6.07, 6.45) is 6.60. The summed E-state index contributed by atoms with van der Waals surface area (Å²) in [6, 6.07) is 1.71. The lowest BCUT2D eigenvalue weighted by molar-refractivity contribution is 0.0840. The molecule has 0 amide bonds. The van der Waals surface area contributed by atoms with Crippen LogP contribution >= 0.6 is 0 Å². The molecule has 0 aromatic carbocycles. The average Bonchev–Trinajstić information content (AvgIpc) is 3.37. The molecule has 1 aliphatic rings. The number of H-pyrrole nitrogens is 3. The van der Waals surface area contributed by atoms with Gasteiger partial charge >= 0.3 is 6.01 Å². The van der Waals surface area contributed by atoms with Gasteiger partial charge in [0.15, 0.2) is 5.75 Å². The Morgan fingerprint density at radius 3 is 2.83 bits per heavy atom. The van der Waals surface area contributed by atoms with Crippen LogP contribution in [-0.2, 0) is 4.74 Å². The summed E-state index contributed by atoms with van der Waals surface area (Å²) >= 11 is 0. The van der Waals surface area contributed by atoms with Crippen molar-refractivity contribution in [1.29, 1.82) is 0 Å². The zero-order chi connectivity index (χ0) is 19.8. The van der Waals surface area contributed by atoms with Crippen molar-refractivity contribution in [1.82, 2.24) is 35.1 Å². The van der Waals surface area contributed by atoms with Crippen LogP contribution in [-0.4, -0.2) is 48.3 Å². The summed E-state index contributed by atoms with van der Waals surface area (Å²) in [5, 5.41) is 7.54. The van der Waals surface area contributed by atoms with Gasteiger partial charge in [-0.15, -0.1) is 0 Å². The van der Waals surface area contributed by atoms with Crippen molar-refractivity contribution in [2.24, 2.45) is 0 Å². The van der Waals surface area contributed by atoms with Gasteiger partial charge < -0.3 is 14.5 Å². The smallest absolute Gasteiger partial charge is 0.302 e. The molecule has 0 unspecified atom stereocenters. The molecule has 3 N–H and O–H groups in total. The van der Waals surface area contributed by atoms with E-state index < -0.39 is 0 Å². The van der Waals surface area contributed by atoms with Crippen molar-refractivity contribution in [3.63, 3.8) is 0 Å². The number of aryl methyl sites for hydroxylation is 1. The molecule has 0 spiro atoms. The Balaban J connectivity index is 1.55. The number of pyridine rings is 1. The largest absolute Gasteiger partial charge is 0.422 e. The number of nitrogens with zero attached hydrogens (tertiary/aromatic N) is 4. The number of hydrogen-bond donors (Lipinski definition) is 3. The van der Waals surface area contributed by atoms with Gasteiger partial charge in [0.05, 0.1) is 29.2 Å². The summed E-state index contributed by atoms with van der Waals surface area (Å²) in [4.78, 5) is 31.6. The molecule has 4 aromatic rings. The zero-order valence-corrected chi connectivity index (χ0v) is 15.7. The van der Waals surface area contributed by atoms with Gasteiger partial charge in [-0.2, -0.15) is 10.1 Å². The van der Waals surface area contributed by atoms with E-state index in [2.05, 4.69) is 35.1 Å². The van der Waals surface area contributed by atoms with E-state index >= 15 is 0 Å². The Morgan fingerprint density at radius 1 is 1.17 bits per heavy atom. The first-order valence-corrected chi connectivity index (χ1v) is 9.39. The van der Waals surface area contributed by atoms with Crippen LogP contribution in [0.2, 0.25) is 0 Å². The Kier molecular flexibility index (Phi) is 4.32. The van der Waals surface area contributed by atoms with E-state index in [1.807, 2.05) is 6.92 Å².